The lowest BCUT2D eigenvalue weighted by Gasteiger charge is -2.19. The molecule has 4 amide bonds. The first kappa shape index (κ1) is 21.3. The number of rotatable bonds is 6. The van der Waals surface area contributed by atoms with Crippen LogP contribution >= 0.6 is 23.1 Å². The van der Waals surface area contributed by atoms with Crippen molar-refractivity contribution in [3.63, 3.8) is 0 Å². The standard InChI is InChI=1S/C21H21N5O3S2/c1-4-21(3)19(28)26(20(29)24-21)25-15(27)10-31-18-16-14(9-30-17(16)22-11-23-18)13-7-5-12(2)6-8-13/h5-9,11H,4,10H2,1-3H3,(H,24,29)(H,25,27)/t21-/m0/s1. The van der Waals surface area contributed by atoms with Crippen LogP contribution in [0.25, 0.3) is 21.3 Å². The maximum Gasteiger partial charge on any atom is 0.344 e. The third-order valence-electron chi connectivity index (χ3n) is 5.24. The second-order valence-electron chi connectivity index (χ2n) is 7.45. The number of urea groups is 1. The zero-order valence-electron chi connectivity index (χ0n) is 17.3. The number of thiophene rings is 1. The van der Waals surface area contributed by atoms with Crippen LogP contribution in [-0.2, 0) is 9.59 Å². The molecule has 0 saturated carbocycles. The molecular formula is C21H21N5O3S2. The number of hydrogen-bond donors (Lipinski definition) is 2. The molecule has 2 N–H and O–H groups in total. The lowest BCUT2D eigenvalue weighted by Crippen LogP contribution is -2.49. The Kier molecular flexibility index (Phi) is 5.67. The summed E-state index contributed by atoms with van der Waals surface area (Å²) < 4.78 is 0. The highest BCUT2D eigenvalue weighted by Crippen LogP contribution is 2.37. The molecule has 1 aliphatic heterocycles. The number of nitrogens with one attached hydrogen (secondary N) is 2. The molecule has 0 bridgehead atoms. The van der Waals surface area contributed by atoms with Crippen LogP contribution in [0.3, 0.4) is 0 Å². The molecule has 31 heavy (non-hydrogen) atoms. The predicted octanol–water partition coefficient (Wildman–Crippen LogP) is 3.51. The van der Waals surface area contributed by atoms with Crippen molar-refractivity contribution in [1.82, 2.24) is 25.7 Å². The van der Waals surface area contributed by atoms with Crippen LogP contribution in [0.5, 0.6) is 0 Å². The molecule has 3 aromatic rings. The van der Waals surface area contributed by atoms with E-state index in [9.17, 15) is 14.4 Å². The van der Waals surface area contributed by atoms with E-state index in [4.69, 9.17) is 0 Å². The molecular weight excluding hydrogens is 434 g/mol. The number of imide groups is 1. The van der Waals surface area contributed by atoms with Crippen LogP contribution in [0.4, 0.5) is 4.79 Å². The second kappa shape index (κ2) is 8.27. The number of amides is 4. The fraction of sp³-hybridized carbons (Fsp3) is 0.286. The molecule has 0 radical (unpaired) electrons. The van der Waals surface area contributed by atoms with Gasteiger partial charge in [0.2, 0.25) is 5.91 Å². The number of carbonyl (C=O) groups is 3. The summed E-state index contributed by atoms with van der Waals surface area (Å²) in [5.74, 6) is -0.940. The van der Waals surface area contributed by atoms with E-state index >= 15 is 0 Å². The van der Waals surface area contributed by atoms with Crippen LogP contribution in [0.2, 0.25) is 0 Å². The minimum absolute atomic E-state index is 0.00476. The Hall–Kier alpha value is -2.98. The van der Waals surface area contributed by atoms with E-state index in [1.807, 2.05) is 36.6 Å². The average Bonchev–Trinajstić information content (AvgIpc) is 3.28. The molecule has 0 spiro atoms. The van der Waals surface area contributed by atoms with E-state index in [-0.39, 0.29) is 5.75 Å². The molecule has 1 fully saturated rings. The van der Waals surface area contributed by atoms with Gasteiger partial charge >= 0.3 is 6.03 Å². The van der Waals surface area contributed by atoms with Crippen molar-refractivity contribution >= 4 is 51.2 Å². The third kappa shape index (κ3) is 4.00. The fourth-order valence-corrected chi connectivity index (χ4v) is 5.00. The SMILES string of the molecule is CC[C@]1(C)NC(=O)N(NC(=O)CSc2ncnc3scc(-c4ccc(C)cc4)c23)C1=O. The van der Waals surface area contributed by atoms with E-state index in [2.05, 4.69) is 20.7 Å². The van der Waals surface area contributed by atoms with Gasteiger partial charge in [0.15, 0.2) is 0 Å². The van der Waals surface area contributed by atoms with E-state index in [0.717, 1.165) is 26.4 Å². The quantitative estimate of drug-likeness (QED) is 0.335. The molecule has 160 valence electrons. The summed E-state index contributed by atoms with van der Waals surface area (Å²) in [6, 6.07) is 7.56. The first-order chi connectivity index (χ1) is 14.8. The Morgan fingerprint density at radius 1 is 1.26 bits per heavy atom. The molecule has 1 aromatic carbocycles. The summed E-state index contributed by atoms with van der Waals surface area (Å²) in [5.41, 5.74) is 4.63. The van der Waals surface area contributed by atoms with Gasteiger partial charge < -0.3 is 5.32 Å². The summed E-state index contributed by atoms with van der Waals surface area (Å²) in [4.78, 5) is 46.6. The van der Waals surface area contributed by atoms with Gasteiger partial charge in [-0.2, -0.15) is 5.01 Å². The number of hydrazine groups is 1. The third-order valence-corrected chi connectivity index (χ3v) is 7.12. The molecule has 10 heteroatoms. The zero-order valence-corrected chi connectivity index (χ0v) is 18.9. The smallest absolute Gasteiger partial charge is 0.322 e. The summed E-state index contributed by atoms with van der Waals surface area (Å²) in [6.07, 6.45) is 1.90. The monoisotopic (exact) mass is 455 g/mol. The van der Waals surface area contributed by atoms with E-state index < -0.39 is 23.4 Å². The van der Waals surface area contributed by atoms with E-state index in [1.165, 1.54) is 35.0 Å². The molecule has 1 aliphatic rings. The molecule has 0 aliphatic carbocycles. The average molecular weight is 456 g/mol. The van der Waals surface area contributed by atoms with Crippen molar-refractivity contribution in [1.29, 1.82) is 0 Å². The second-order valence-corrected chi connectivity index (χ2v) is 9.28. The Morgan fingerprint density at radius 2 is 2.00 bits per heavy atom. The van der Waals surface area contributed by atoms with Gasteiger partial charge in [0, 0.05) is 10.9 Å². The minimum Gasteiger partial charge on any atom is -0.322 e. The molecule has 2 aromatic heterocycles. The molecule has 0 unspecified atom stereocenters. The first-order valence-electron chi connectivity index (χ1n) is 9.70. The van der Waals surface area contributed by atoms with Crippen LogP contribution in [-0.4, -0.2) is 44.1 Å². The van der Waals surface area contributed by atoms with Gasteiger partial charge in [-0.25, -0.2) is 14.8 Å². The van der Waals surface area contributed by atoms with Gasteiger partial charge in [-0.05, 0) is 25.8 Å². The molecule has 1 saturated heterocycles. The fourth-order valence-electron chi connectivity index (χ4n) is 3.22. The summed E-state index contributed by atoms with van der Waals surface area (Å²) in [5, 5.41) is 6.96. The summed E-state index contributed by atoms with van der Waals surface area (Å²) in [7, 11) is 0. The van der Waals surface area contributed by atoms with Gasteiger partial charge in [0.25, 0.3) is 5.91 Å². The number of aryl methyl sites for hydroxylation is 1. The largest absolute Gasteiger partial charge is 0.344 e. The highest BCUT2D eigenvalue weighted by molar-refractivity contribution is 8.00. The van der Waals surface area contributed by atoms with Crippen molar-refractivity contribution in [2.45, 2.75) is 37.8 Å². The van der Waals surface area contributed by atoms with Crippen molar-refractivity contribution in [3.05, 3.63) is 41.5 Å². The lowest BCUT2D eigenvalue weighted by molar-refractivity contribution is -0.137. The van der Waals surface area contributed by atoms with Crippen molar-refractivity contribution < 1.29 is 14.4 Å². The van der Waals surface area contributed by atoms with E-state index in [0.29, 0.717) is 11.4 Å². The maximum absolute atomic E-state index is 12.5. The Balaban J connectivity index is 1.51. The topological polar surface area (TPSA) is 104 Å². The Labute approximate surface area is 187 Å². The number of thioether (sulfide) groups is 1. The predicted molar refractivity (Wildman–Crippen MR) is 121 cm³/mol. The summed E-state index contributed by atoms with van der Waals surface area (Å²) >= 11 is 2.76. The van der Waals surface area contributed by atoms with Gasteiger partial charge in [0.05, 0.1) is 11.1 Å². The van der Waals surface area contributed by atoms with Gasteiger partial charge in [0.1, 0.15) is 21.7 Å². The lowest BCUT2D eigenvalue weighted by atomic mass is 10.00. The van der Waals surface area contributed by atoms with Crippen molar-refractivity contribution in [2.24, 2.45) is 0 Å². The number of fused-ring (bicyclic) bond motifs is 1. The number of carbonyl (C=O) groups excluding carboxylic acids is 3. The van der Waals surface area contributed by atoms with Gasteiger partial charge in [-0.3, -0.25) is 15.0 Å². The molecule has 4 rings (SSSR count). The highest BCUT2D eigenvalue weighted by Gasteiger charge is 2.47. The Morgan fingerprint density at radius 3 is 2.68 bits per heavy atom. The molecule has 3 heterocycles. The van der Waals surface area contributed by atoms with Crippen molar-refractivity contribution in [2.75, 3.05) is 5.75 Å². The Bertz CT molecular complexity index is 1180. The molecule has 1 atom stereocenters. The number of hydrogen-bond acceptors (Lipinski definition) is 7. The number of nitrogens with zero attached hydrogens (tertiary/aromatic N) is 3. The highest BCUT2D eigenvalue weighted by atomic mass is 32.2. The summed E-state index contributed by atoms with van der Waals surface area (Å²) in [6.45, 7) is 5.47. The number of benzene rings is 1. The van der Waals surface area contributed by atoms with Crippen LogP contribution in [0, 0.1) is 6.92 Å². The zero-order chi connectivity index (χ0) is 22.2. The first-order valence-corrected chi connectivity index (χ1v) is 11.6. The maximum atomic E-state index is 12.5. The van der Waals surface area contributed by atoms with Crippen LogP contribution < -0.4 is 10.7 Å². The minimum atomic E-state index is -1.00. The van der Waals surface area contributed by atoms with Gasteiger partial charge in [-0.15, -0.1) is 11.3 Å². The van der Waals surface area contributed by atoms with Crippen LogP contribution in [0.15, 0.2) is 41.0 Å². The van der Waals surface area contributed by atoms with Gasteiger partial charge in [-0.1, -0.05) is 48.5 Å². The normalized spacial score (nSPS) is 18.5. The van der Waals surface area contributed by atoms with Crippen molar-refractivity contribution in [3.8, 4) is 11.1 Å². The van der Waals surface area contributed by atoms with E-state index in [1.54, 1.807) is 13.8 Å². The number of aromatic nitrogens is 2. The van der Waals surface area contributed by atoms with Crippen LogP contribution in [0.1, 0.15) is 25.8 Å². The molecule has 8 nitrogen and oxygen atoms in total.